The van der Waals surface area contributed by atoms with Crippen LogP contribution in [0.5, 0.6) is 0 Å². The lowest BCUT2D eigenvalue weighted by Crippen LogP contribution is -2.51. The van der Waals surface area contributed by atoms with Crippen LogP contribution in [0.4, 0.5) is 9.59 Å². The molecule has 1 spiro atoms. The number of fused-ring (bicyclic) bond motifs is 3. The molecule has 4 N–H and O–H groups in total. The van der Waals surface area contributed by atoms with Crippen molar-refractivity contribution in [1.29, 1.82) is 0 Å². The summed E-state index contributed by atoms with van der Waals surface area (Å²) in [6, 6.07) is 9.50. The van der Waals surface area contributed by atoms with Crippen molar-refractivity contribution in [3.63, 3.8) is 0 Å². The highest BCUT2D eigenvalue weighted by molar-refractivity contribution is 7.19. The highest BCUT2D eigenvalue weighted by Crippen LogP contribution is 2.57. The minimum absolute atomic E-state index is 0.102. The number of carbonyl (C=O) groups is 4. The number of imidazole rings is 2. The van der Waals surface area contributed by atoms with Crippen molar-refractivity contribution in [2.75, 3.05) is 27.3 Å². The molecule has 0 radical (unpaired) electrons. The van der Waals surface area contributed by atoms with E-state index in [4.69, 9.17) is 19.4 Å². The number of benzene rings is 2. The third-order valence-corrected chi connectivity index (χ3v) is 16.9. The fraction of sp³-hybridized carbons (Fsp3) is 0.538. The van der Waals surface area contributed by atoms with Gasteiger partial charge >= 0.3 is 12.2 Å². The van der Waals surface area contributed by atoms with Crippen molar-refractivity contribution in [3.05, 3.63) is 70.4 Å². The second-order valence-electron chi connectivity index (χ2n) is 20.4. The number of aromatic nitrogens is 4. The first-order valence-electron chi connectivity index (χ1n) is 24.5. The normalized spacial score (nSPS) is 20.5. The molecule has 3 aromatic heterocycles. The van der Waals surface area contributed by atoms with E-state index in [-0.39, 0.29) is 35.7 Å². The van der Waals surface area contributed by atoms with Gasteiger partial charge in [0.2, 0.25) is 11.8 Å². The SMILES string of the molecule is COC(=O)N[C@H](C(=O)N1CCC[C@H]1c1ncc(-c2ccc(-c3sc(-c4ccc5nc([C@@H]6CCCN6C(=O)[C@@H](NC(=O)OC)C(C)C)[nH]c5c4)c4c3CC3(CCCC3)C4)c3c2CCC3)[nH]1)C(C)C. The predicted molar refractivity (Wildman–Crippen MR) is 258 cm³/mol. The zero-order valence-corrected chi connectivity index (χ0v) is 40.5. The number of H-pyrrole nitrogens is 2. The Balaban J connectivity index is 0.954. The summed E-state index contributed by atoms with van der Waals surface area (Å²) >= 11 is 1.94. The minimum atomic E-state index is -0.687. The van der Waals surface area contributed by atoms with E-state index in [1.54, 1.807) is 0 Å². The molecule has 14 nitrogen and oxygen atoms in total. The molecule has 3 aliphatic carbocycles. The van der Waals surface area contributed by atoms with Gasteiger partial charge in [-0.05, 0) is 133 Å². The first-order chi connectivity index (χ1) is 32.4. The zero-order valence-electron chi connectivity index (χ0n) is 39.7. The van der Waals surface area contributed by atoms with Crippen molar-refractivity contribution in [3.8, 4) is 32.1 Å². The van der Waals surface area contributed by atoms with E-state index < -0.39 is 24.3 Å². The lowest BCUT2D eigenvalue weighted by Gasteiger charge is -2.30. The molecule has 4 atom stereocenters. The van der Waals surface area contributed by atoms with Crippen LogP contribution >= 0.6 is 11.3 Å². The number of likely N-dealkylation sites (tertiary alicyclic amines) is 2. The molecule has 3 fully saturated rings. The number of nitrogens with zero attached hydrogens (tertiary/aromatic N) is 4. The number of thiophene rings is 1. The molecular weight excluding hydrogens is 865 g/mol. The first kappa shape index (κ1) is 45.1. The molecule has 15 heteroatoms. The fourth-order valence-electron chi connectivity index (χ4n) is 12.1. The lowest BCUT2D eigenvalue weighted by atomic mass is 9.83. The average molecular weight is 929 g/mol. The highest BCUT2D eigenvalue weighted by atomic mass is 32.1. The Morgan fingerprint density at radius 3 is 1.91 bits per heavy atom. The Hall–Kier alpha value is -5.70. The van der Waals surface area contributed by atoms with E-state index in [1.165, 1.54) is 88.6 Å². The fourth-order valence-corrected chi connectivity index (χ4v) is 13.5. The van der Waals surface area contributed by atoms with Gasteiger partial charge in [-0.3, -0.25) is 9.59 Å². The van der Waals surface area contributed by atoms with Gasteiger partial charge in [0, 0.05) is 28.4 Å². The summed E-state index contributed by atoms with van der Waals surface area (Å²) in [5.74, 6) is 1.13. The van der Waals surface area contributed by atoms with Crippen molar-refractivity contribution in [2.45, 2.75) is 135 Å². The van der Waals surface area contributed by atoms with Crippen LogP contribution in [0.3, 0.4) is 0 Å². The maximum atomic E-state index is 13.9. The molecule has 5 heterocycles. The van der Waals surface area contributed by atoms with E-state index in [0.717, 1.165) is 86.2 Å². The van der Waals surface area contributed by atoms with Gasteiger partial charge in [-0.15, -0.1) is 11.3 Å². The molecule has 4 amide bonds. The van der Waals surface area contributed by atoms with Gasteiger partial charge in [0.15, 0.2) is 0 Å². The van der Waals surface area contributed by atoms with Crippen LogP contribution in [0.15, 0.2) is 36.5 Å². The Morgan fingerprint density at radius 2 is 1.30 bits per heavy atom. The standard InChI is InChI=1S/C52H64N8O6S/c1-28(2)42(57-50(63)65-5)48(61)59-22-10-14-40(59)46-53-27-39(56-46)33-17-18-34(32-13-9-12-31(32)33)45-36-26-52(20-7-8-21-52)25-35(36)44(67-45)30-16-19-37-38(24-30)55-47(54-37)41-15-11-23-60(41)49(62)43(29(3)4)58-51(64)66-6/h16-19,24,27-29,40-43H,7-15,20-23,25-26H2,1-6H3,(H,53,56)(H,54,55)(H,57,63)(H,58,64)/t40-,41-,42-,43-/m0/s1. The van der Waals surface area contributed by atoms with Gasteiger partial charge in [0.25, 0.3) is 0 Å². The van der Waals surface area contributed by atoms with Gasteiger partial charge in [0.05, 0.1) is 49.2 Å². The van der Waals surface area contributed by atoms with Crippen molar-refractivity contribution in [1.82, 2.24) is 40.4 Å². The van der Waals surface area contributed by atoms with Crippen LogP contribution in [-0.2, 0) is 44.7 Å². The summed E-state index contributed by atoms with van der Waals surface area (Å²) in [6.45, 7) is 8.95. The number of carbonyl (C=O) groups excluding carboxylic acids is 4. The van der Waals surface area contributed by atoms with Gasteiger partial charge in [-0.25, -0.2) is 19.6 Å². The number of hydrogen-bond donors (Lipinski definition) is 4. The van der Waals surface area contributed by atoms with E-state index >= 15 is 0 Å². The molecule has 354 valence electrons. The minimum Gasteiger partial charge on any atom is -0.453 e. The quantitative estimate of drug-likeness (QED) is 0.101. The molecule has 0 unspecified atom stereocenters. The zero-order chi connectivity index (χ0) is 46.7. The molecule has 5 aromatic rings. The van der Waals surface area contributed by atoms with Gasteiger partial charge < -0.3 is 39.9 Å². The summed E-state index contributed by atoms with van der Waals surface area (Å²) in [5.41, 5.74) is 12.8. The Labute approximate surface area is 396 Å². The third kappa shape index (κ3) is 8.18. The van der Waals surface area contributed by atoms with Crippen LogP contribution in [-0.4, -0.2) is 93.1 Å². The van der Waals surface area contributed by atoms with Gasteiger partial charge in [0.1, 0.15) is 23.7 Å². The van der Waals surface area contributed by atoms with E-state index in [0.29, 0.717) is 18.5 Å². The molecule has 2 saturated heterocycles. The van der Waals surface area contributed by atoms with Crippen LogP contribution < -0.4 is 10.6 Å². The van der Waals surface area contributed by atoms with E-state index in [9.17, 15) is 19.2 Å². The Kier molecular flexibility index (Phi) is 12.2. The maximum absolute atomic E-state index is 13.9. The average Bonchev–Trinajstić information content (AvgIpc) is 4.18. The summed E-state index contributed by atoms with van der Waals surface area (Å²) in [6.07, 6.45) is 14.6. The van der Waals surface area contributed by atoms with Crippen LogP contribution in [0, 0.1) is 17.3 Å². The number of rotatable bonds is 11. The number of ether oxygens (including phenoxy) is 2. The molecular formula is C52H64N8O6S. The summed E-state index contributed by atoms with van der Waals surface area (Å²) in [5, 5.41) is 5.52. The number of nitrogens with one attached hydrogen (secondary N) is 4. The van der Waals surface area contributed by atoms with Crippen molar-refractivity contribution in [2.24, 2.45) is 17.3 Å². The summed E-state index contributed by atoms with van der Waals surface area (Å²) < 4.78 is 9.69. The number of alkyl carbamates (subject to hydrolysis) is 2. The van der Waals surface area contributed by atoms with Gasteiger partial charge in [-0.1, -0.05) is 58.7 Å². The van der Waals surface area contributed by atoms with Crippen LogP contribution in [0.2, 0.25) is 0 Å². The molecule has 5 aliphatic rings. The van der Waals surface area contributed by atoms with Crippen LogP contribution in [0.25, 0.3) is 43.2 Å². The van der Waals surface area contributed by atoms with Crippen LogP contribution in [0.1, 0.15) is 131 Å². The smallest absolute Gasteiger partial charge is 0.407 e. The number of methoxy groups -OCH3 is 2. The van der Waals surface area contributed by atoms with Crippen molar-refractivity contribution < 1.29 is 28.7 Å². The number of hydrogen-bond acceptors (Lipinski definition) is 9. The summed E-state index contributed by atoms with van der Waals surface area (Å²) in [4.78, 5) is 75.9. The number of aromatic amines is 2. The maximum Gasteiger partial charge on any atom is 0.407 e. The molecule has 0 bridgehead atoms. The van der Waals surface area contributed by atoms with E-state index in [2.05, 4.69) is 50.9 Å². The second-order valence-corrected chi connectivity index (χ2v) is 21.4. The lowest BCUT2D eigenvalue weighted by molar-refractivity contribution is -0.136. The third-order valence-electron chi connectivity index (χ3n) is 15.5. The molecule has 2 aromatic carbocycles. The highest BCUT2D eigenvalue weighted by Gasteiger charge is 2.44. The molecule has 10 rings (SSSR count). The summed E-state index contributed by atoms with van der Waals surface area (Å²) in [7, 11) is 2.63. The Morgan fingerprint density at radius 1 is 0.716 bits per heavy atom. The van der Waals surface area contributed by atoms with Gasteiger partial charge in [-0.2, -0.15) is 0 Å². The molecule has 2 aliphatic heterocycles. The first-order valence-corrected chi connectivity index (χ1v) is 25.3. The number of amides is 4. The molecule has 67 heavy (non-hydrogen) atoms. The second kappa shape index (κ2) is 18.1. The largest absolute Gasteiger partial charge is 0.453 e. The Bertz CT molecular complexity index is 2730. The predicted octanol–water partition coefficient (Wildman–Crippen LogP) is 9.58. The molecule has 1 saturated carbocycles. The monoisotopic (exact) mass is 928 g/mol. The topological polar surface area (TPSA) is 175 Å². The van der Waals surface area contributed by atoms with E-state index in [1.807, 2.05) is 55.0 Å². The van der Waals surface area contributed by atoms with Crippen molar-refractivity contribution >= 4 is 46.4 Å².